The molecule has 0 amide bonds. The quantitative estimate of drug-likeness (QED) is 0.442. The van der Waals surface area contributed by atoms with Gasteiger partial charge in [0.05, 0.1) is 23.6 Å². The van der Waals surface area contributed by atoms with Gasteiger partial charge >= 0.3 is 0 Å². The van der Waals surface area contributed by atoms with E-state index in [2.05, 4.69) is 26.4 Å². The first-order valence-electron chi connectivity index (χ1n) is 11.1. The molecule has 1 aliphatic rings. The number of nitrogens with one attached hydrogen (secondary N) is 1. The third-order valence-corrected chi connectivity index (χ3v) is 6.02. The van der Waals surface area contributed by atoms with Crippen LogP contribution in [0.25, 0.3) is 38.9 Å². The molecule has 0 bridgehead atoms. The Morgan fingerprint density at radius 3 is 2.70 bits per heavy atom. The highest BCUT2D eigenvalue weighted by Crippen LogP contribution is 2.31. The Balaban J connectivity index is 1.30. The molecule has 1 saturated heterocycles. The summed E-state index contributed by atoms with van der Waals surface area (Å²) in [6.45, 7) is 1.99. The molecular formula is C25H23N7O. The van der Waals surface area contributed by atoms with Gasteiger partial charge in [-0.05, 0) is 61.8 Å². The Hall–Kier alpha value is -4.04. The van der Waals surface area contributed by atoms with Gasteiger partial charge in [0.15, 0.2) is 5.65 Å². The minimum absolute atomic E-state index is 0.250. The van der Waals surface area contributed by atoms with Crippen molar-refractivity contribution in [3.63, 3.8) is 0 Å². The largest absolute Gasteiger partial charge is 0.489 e. The summed E-state index contributed by atoms with van der Waals surface area (Å²) in [6.07, 6.45) is 9.68. The third kappa shape index (κ3) is 3.74. The lowest BCUT2D eigenvalue weighted by atomic mass is 10.0. The van der Waals surface area contributed by atoms with E-state index in [1.807, 2.05) is 55.0 Å². The summed E-state index contributed by atoms with van der Waals surface area (Å²) < 4.78 is 7.85. The SMILES string of the molecule is Nc1ccc2c(-c3cnn4cc(-c5ccc(OC6CCNCC6)cn5)cnc34)cccc2n1. The van der Waals surface area contributed by atoms with E-state index in [4.69, 9.17) is 15.5 Å². The maximum atomic E-state index is 6.06. The molecule has 4 aromatic heterocycles. The number of hydrogen-bond donors (Lipinski definition) is 2. The summed E-state index contributed by atoms with van der Waals surface area (Å²) in [5.74, 6) is 1.30. The number of nitrogens with two attached hydrogens (primary N) is 1. The number of hydrogen-bond acceptors (Lipinski definition) is 7. The lowest BCUT2D eigenvalue weighted by Gasteiger charge is -2.23. The van der Waals surface area contributed by atoms with Crippen LogP contribution in [-0.2, 0) is 0 Å². The molecule has 8 heteroatoms. The lowest BCUT2D eigenvalue weighted by Crippen LogP contribution is -2.34. The van der Waals surface area contributed by atoms with E-state index in [9.17, 15) is 0 Å². The van der Waals surface area contributed by atoms with Crippen LogP contribution in [0.2, 0.25) is 0 Å². The summed E-state index contributed by atoms with van der Waals surface area (Å²) in [5.41, 5.74) is 11.1. The van der Waals surface area contributed by atoms with E-state index in [1.165, 1.54) is 0 Å². The van der Waals surface area contributed by atoms with Crippen molar-refractivity contribution in [3.8, 4) is 28.1 Å². The molecule has 6 rings (SSSR count). The van der Waals surface area contributed by atoms with Gasteiger partial charge in [0.1, 0.15) is 17.7 Å². The average Bonchev–Trinajstić information content (AvgIpc) is 3.28. The number of pyridine rings is 2. The standard InChI is InChI=1S/C25H23N7O/c26-24-7-5-20-19(2-1-3-23(20)31-24)21-14-30-32-15-16(12-29-25(21)32)22-6-4-18(13-28-22)33-17-8-10-27-11-9-17/h1-7,12-15,17,27H,8-11H2,(H2,26,31). The predicted octanol–water partition coefficient (Wildman–Crippen LogP) is 3.72. The lowest BCUT2D eigenvalue weighted by molar-refractivity contribution is 0.162. The van der Waals surface area contributed by atoms with Gasteiger partial charge < -0.3 is 15.8 Å². The number of benzene rings is 1. The zero-order valence-electron chi connectivity index (χ0n) is 18.0. The Morgan fingerprint density at radius 1 is 0.939 bits per heavy atom. The molecule has 0 saturated carbocycles. The summed E-state index contributed by atoms with van der Waals surface area (Å²) in [6, 6.07) is 13.7. The molecule has 1 fully saturated rings. The fraction of sp³-hybridized carbons (Fsp3) is 0.200. The Labute approximate surface area is 190 Å². The van der Waals surface area contributed by atoms with Gasteiger partial charge in [-0.3, -0.25) is 4.98 Å². The molecule has 0 spiro atoms. The number of ether oxygens (including phenoxy) is 1. The molecule has 33 heavy (non-hydrogen) atoms. The van der Waals surface area contributed by atoms with Crippen LogP contribution in [0, 0.1) is 0 Å². The number of anilines is 1. The van der Waals surface area contributed by atoms with E-state index in [1.54, 1.807) is 10.7 Å². The Morgan fingerprint density at radius 2 is 1.85 bits per heavy atom. The van der Waals surface area contributed by atoms with Crippen molar-refractivity contribution in [3.05, 3.63) is 67.3 Å². The number of nitrogen functional groups attached to an aromatic ring is 1. The number of rotatable bonds is 4. The van der Waals surface area contributed by atoms with E-state index < -0.39 is 0 Å². The van der Waals surface area contributed by atoms with Crippen molar-refractivity contribution in [2.24, 2.45) is 0 Å². The van der Waals surface area contributed by atoms with Gasteiger partial charge in [0.25, 0.3) is 0 Å². The molecule has 0 aliphatic carbocycles. The maximum Gasteiger partial charge on any atom is 0.162 e. The van der Waals surface area contributed by atoms with Crippen molar-refractivity contribution in [2.45, 2.75) is 18.9 Å². The minimum atomic E-state index is 0.250. The van der Waals surface area contributed by atoms with E-state index in [0.29, 0.717) is 5.82 Å². The third-order valence-electron chi connectivity index (χ3n) is 6.02. The second-order valence-electron chi connectivity index (χ2n) is 8.22. The van der Waals surface area contributed by atoms with Crippen LogP contribution in [0.1, 0.15) is 12.8 Å². The molecule has 0 atom stereocenters. The fourth-order valence-corrected chi connectivity index (χ4v) is 4.33. The Bertz CT molecular complexity index is 1440. The highest BCUT2D eigenvalue weighted by molar-refractivity contribution is 5.98. The normalized spacial score (nSPS) is 14.7. The van der Waals surface area contributed by atoms with Crippen LogP contribution in [0.3, 0.4) is 0 Å². The molecular weight excluding hydrogens is 414 g/mol. The van der Waals surface area contributed by atoms with Crippen LogP contribution in [-0.4, -0.2) is 43.8 Å². The van der Waals surface area contributed by atoms with Gasteiger partial charge in [0.2, 0.25) is 0 Å². The van der Waals surface area contributed by atoms with Crippen molar-refractivity contribution in [1.82, 2.24) is 29.9 Å². The minimum Gasteiger partial charge on any atom is -0.489 e. The Kier molecular flexibility index (Phi) is 4.84. The molecule has 5 aromatic rings. The van der Waals surface area contributed by atoms with E-state index >= 15 is 0 Å². The molecule has 0 radical (unpaired) electrons. The molecule has 164 valence electrons. The van der Waals surface area contributed by atoms with Crippen molar-refractivity contribution in [2.75, 3.05) is 18.8 Å². The van der Waals surface area contributed by atoms with Crippen LogP contribution in [0.5, 0.6) is 5.75 Å². The first-order valence-corrected chi connectivity index (χ1v) is 11.1. The highest BCUT2D eigenvalue weighted by Gasteiger charge is 2.15. The number of aromatic nitrogens is 5. The molecule has 8 nitrogen and oxygen atoms in total. The number of fused-ring (bicyclic) bond motifs is 2. The summed E-state index contributed by atoms with van der Waals surface area (Å²) >= 11 is 0. The monoisotopic (exact) mass is 437 g/mol. The number of piperidine rings is 1. The summed E-state index contributed by atoms with van der Waals surface area (Å²) in [5, 5.41) is 8.91. The second kappa shape index (κ2) is 8.14. The van der Waals surface area contributed by atoms with Crippen LogP contribution in [0.15, 0.2) is 67.3 Å². The first-order chi connectivity index (χ1) is 16.2. The van der Waals surface area contributed by atoms with Gasteiger partial charge in [-0.15, -0.1) is 0 Å². The average molecular weight is 438 g/mol. The smallest absolute Gasteiger partial charge is 0.162 e. The van der Waals surface area contributed by atoms with Gasteiger partial charge in [-0.25, -0.2) is 14.5 Å². The van der Waals surface area contributed by atoms with Crippen LogP contribution in [0.4, 0.5) is 5.82 Å². The molecule has 1 aromatic carbocycles. The molecule has 5 heterocycles. The summed E-state index contributed by atoms with van der Waals surface area (Å²) in [7, 11) is 0. The van der Waals surface area contributed by atoms with E-state index in [-0.39, 0.29) is 6.10 Å². The van der Waals surface area contributed by atoms with E-state index in [0.717, 1.165) is 70.6 Å². The topological polar surface area (TPSA) is 103 Å². The van der Waals surface area contributed by atoms with Gasteiger partial charge in [-0.1, -0.05) is 12.1 Å². The maximum absolute atomic E-state index is 6.06. The first kappa shape index (κ1) is 19.6. The molecule has 1 aliphatic heterocycles. The number of nitrogens with zero attached hydrogens (tertiary/aromatic N) is 5. The molecule has 3 N–H and O–H groups in total. The van der Waals surface area contributed by atoms with Crippen molar-refractivity contribution in [1.29, 1.82) is 0 Å². The van der Waals surface area contributed by atoms with Gasteiger partial charge in [-0.2, -0.15) is 5.10 Å². The highest BCUT2D eigenvalue weighted by atomic mass is 16.5. The fourth-order valence-electron chi connectivity index (χ4n) is 4.33. The van der Waals surface area contributed by atoms with Gasteiger partial charge in [0, 0.05) is 28.9 Å². The summed E-state index contributed by atoms with van der Waals surface area (Å²) in [4.78, 5) is 13.7. The van der Waals surface area contributed by atoms with Crippen LogP contribution < -0.4 is 15.8 Å². The second-order valence-corrected chi connectivity index (χ2v) is 8.22. The predicted molar refractivity (Wildman–Crippen MR) is 128 cm³/mol. The van der Waals surface area contributed by atoms with Crippen LogP contribution >= 0.6 is 0 Å². The van der Waals surface area contributed by atoms with Crippen molar-refractivity contribution < 1.29 is 4.74 Å². The molecule has 0 unspecified atom stereocenters. The zero-order valence-corrected chi connectivity index (χ0v) is 18.0. The van der Waals surface area contributed by atoms with Crippen molar-refractivity contribution >= 4 is 22.4 Å². The zero-order chi connectivity index (χ0) is 22.2.